The molecule has 0 aromatic heterocycles. The van der Waals surface area contributed by atoms with Crippen LogP contribution in [0, 0.1) is 0 Å². The average molecular weight is 183 g/mol. The van der Waals surface area contributed by atoms with Gasteiger partial charge in [0.05, 0.1) is 0 Å². The Morgan fingerprint density at radius 1 is 1.31 bits per heavy atom. The highest BCUT2D eigenvalue weighted by Gasteiger charge is 2.15. The highest BCUT2D eigenvalue weighted by Crippen LogP contribution is 2.04. The average Bonchev–Trinajstić information content (AvgIpc) is 2.19. The van der Waals surface area contributed by atoms with Gasteiger partial charge in [-0.25, -0.2) is 5.32 Å². The van der Waals surface area contributed by atoms with Crippen molar-refractivity contribution in [1.29, 1.82) is 0 Å². The first kappa shape index (κ1) is 10.5. The van der Waals surface area contributed by atoms with Crippen molar-refractivity contribution in [3.05, 3.63) is 0 Å². The van der Waals surface area contributed by atoms with Crippen LogP contribution in [0.1, 0.15) is 32.6 Å². The zero-order chi connectivity index (χ0) is 9.52. The van der Waals surface area contributed by atoms with Gasteiger partial charge in [-0.2, -0.15) is 0 Å². The van der Waals surface area contributed by atoms with Gasteiger partial charge >= 0.3 is 0 Å². The molecule has 75 valence electrons. The van der Waals surface area contributed by atoms with E-state index >= 15 is 0 Å². The molecule has 0 aliphatic carbocycles. The number of unbranched alkanes of at least 4 members (excludes halogenated alkanes) is 2. The Balaban J connectivity index is 2.13. The molecule has 0 atom stereocenters. The lowest BCUT2D eigenvalue weighted by Crippen LogP contribution is -2.43. The third-order valence-corrected chi connectivity index (χ3v) is 2.40. The second kappa shape index (κ2) is 5.97. The van der Waals surface area contributed by atoms with E-state index in [1.54, 1.807) is 0 Å². The summed E-state index contributed by atoms with van der Waals surface area (Å²) in [6.07, 6.45) is 4.13. The molecule has 3 heteroatoms. The third-order valence-electron chi connectivity index (χ3n) is 2.40. The number of piperazine rings is 1. The van der Waals surface area contributed by atoms with Crippen LogP contribution in [-0.2, 0) is 4.79 Å². The minimum Gasteiger partial charge on any atom is -0.340 e. The smallest absolute Gasteiger partial charge is 0.222 e. The van der Waals surface area contributed by atoms with E-state index in [1.807, 2.05) is 4.90 Å². The van der Waals surface area contributed by atoms with Crippen molar-refractivity contribution >= 4 is 5.91 Å². The van der Waals surface area contributed by atoms with Crippen molar-refractivity contribution in [3.8, 4) is 0 Å². The minimum absolute atomic E-state index is 0.323. The molecule has 0 aromatic carbocycles. The molecule has 1 radical (unpaired) electrons. The zero-order valence-corrected chi connectivity index (χ0v) is 8.46. The predicted molar refractivity (Wildman–Crippen MR) is 52.6 cm³/mol. The summed E-state index contributed by atoms with van der Waals surface area (Å²) in [5.74, 6) is 0.323. The fraction of sp³-hybridized carbons (Fsp3) is 0.900. The summed E-state index contributed by atoms with van der Waals surface area (Å²) in [5, 5.41) is 4.21. The van der Waals surface area contributed by atoms with Gasteiger partial charge in [-0.05, 0) is 6.42 Å². The topological polar surface area (TPSA) is 34.4 Å². The molecule has 1 aliphatic rings. The molecule has 1 heterocycles. The van der Waals surface area contributed by atoms with Crippen LogP contribution in [0.2, 0.25) is 0 Å². The lowest BCUT2D eigenvalue weighted by atomic mass is 10.2. The fourth-order valence-corrected chi connectivity index (χ4v) is 1.54. The summed E-state index contributed by atoms with van der Waals surface area (Å²) in [7, 11) is 0. The number of carbonyl (C=O) groups excluding carboxylic acids is 1. The van der Waals surface area contributed by atoms with Crippen molar-refractivity contribution in [2.45, 2.75) is 32.6 Å². The van der Waals surface area contributed by atoms with Crippen LogP contribution in [0.4, 0.5) is 0 Å². The van der Waals surface area contributed by atoms with E-state index in [-0.39, 0.29) is 0 Å². The van der Waals surface area contributed by atoms with Gasteiger partial charge in [-0.15, -0.1) is 0 Å². The number of nitrogens with zero attached hydrogens (tertiary/aromatic N) is 2. The SMILES string of the molecule is CCCCCC(=O)N1CC[N]CC1. The van der Waals surface area contributed by atoms with Gasteiger partial charge in [0.15, 0.2) is 0 Å². The van der Waals surface area contributed by atoms with Crippen LogP contribution in [-0.4, -0.2) is 37.0 Å². The van der Waals surface area contributed by atoms with E-state index in [4.69, 9.17) is 0 Å². The molecule has 13 heavy (non-hydrogen) atoms. The van der Waals surface area contributed by atoms with Gasteiger partial charge in [0.1, 0.15) is 0 Å². The first-order valence-electron chi connectivity index (χ1n) is 5.25. The summed E-state index contributed by atoms with van der Waals surface area (Å²) in [5.41, 5.74) is 0. The van der Waals surface area contributed by atoms with E-state index in [1.165, 1.54) is 12.8 Å². The third kappa shape index (κ3) is 3.77. The summed E-state index contributed by atoms with van der Waals surface area (Å²) < 4.78 is 0. The van der Waals surface area contributed by atoms with Gasteiger partial charge in [0.25, 0.3) is 0 Å². The largest absolute Gasteiger partial charge is 0.340 e. The maximum Gasteiger partial charge on any atom is 0.222 e. The monoisotopic (exact) mass is 183 g/mol. The number of amides is 1. The van der Waals surface area contributed by atoms with Gasteiger partial charge in [-0.1, -0.05) is 19.8 Å². The number of rotatable bonds is 4. The normalized spacial score (nSPS) is 17.5. The minimum atomic E-state index is 0.323. The highest BCUT2D eigenvalue weighted by molar-refractivity contribution is 5.76. The highest BCUT2D eigenvalue weighted by atomic mass is 16.2. The molecule has 1 amide bonds. The summed E-state index contributed by atoms with van der Waals surface area (Å²) in [6.45, 7) is 5.50. The molecule has 3 nitrogen and oxygen atoms in total. The van der Waals surface area contributed by atoms with Crippen LogP contribution in [0.15, 0.2) is 0 Å². The summed E-state index contributed by atoms with van der Waals surface area (Å²) in [4.78, 5) is 13.5. The molecule has 0 N–H and O–H groups in total. The Hall–Kier alpha value is -0.570. The van der Waals surface area contributed by atoms with Crippen molar-refractivity contribution in [2.24, 2.45) is 0 Å². The summed E-state index contributed by atoms with van der Waals surface area (Å²) >= 11 is 0. The Kier molecular flexibility index (Phi) is 4.83. The molecule has 0 aromatic rings. The molecule has 0 spiro atoms. The van der Waals surface area contributed by atoms with Crippen LogP contribution in [0.5, 0.6) is 0 Å². The van der Waals surface area contributed by atoms with Gasteiger partial charge < -0.3 is 4.90 Å². The molecule has 0 unspecified atom stereocenters. The molecule has 1 rings (SSSR count). The fourth-order valence-electron chi connectivity index (χ4n) is 1.54. The van der Waals surface area contributed by atoms with E-state index in [2.05, 4.69) is 12.2 Å². The molecule has 0 bridgehead atoms. The Labute approximate surface area is 80.5 Å². The lowest BCUT2D eigenvalue weighted by Gasteiger charge is -2.26. The molecule has 1 saturated heterocycles. The van der Waals surface area contributed by atoms with Crippen molar-refractivity contribution in [3.63, 3.8) is 0 Å². The lowest BCUT2D eigenvalue weighted by molar-refractivity contribution is -0.131. The second-order valence-corrected chi connectivity index (χ2v) is 3.51. The molecular weight excluding hydrogens is 164 g/mol. The first-order valence-corrected chi connectivity index (χ1v) is 5.25. The van der Waals surface area contributed by atoms with Crippen molar-refractivity contribution < 1.29 is 4.79 Å². The standard InChI is InChI=1S/C10H19N2O/c1-2-3-4-5-10(13)12-8-6-11-7-9-12/h2-9H2,1H3. The van der Waals surface area contributed by atoms with Crippen LogP contribution >= 0.6 is 0 Å². The van der Waals surface area contributed by atoms with Crippen LogP contribution < -0.4 is 5.32 Å². The van der Waals surface area contributed by atoms with E-state index in [0.29, 0.717) is 5.91 Å². The number of carbonyl (C=O) groups is 1. The van der Waals surface area contributed by atoms with Crippen molar-refractivity contribution in [1.82, 2.24) is 10.2 Å². The first-order chi connectivity index (χ1) is 6.34. The molecule has 1 aliphatic heterocycles. The van der Waals surface area contributed by atoms with Gasteiger partial charge in [-0.3, -0.25) is 4.79 Å². The molecule has 1 fully saturated rings. The Morgan fingerprint density at radius 3 is 2.62 bits per heavy atom. The molecular formula is C10H19N2O. The number of hydrogen-bond acceptors (Lipinski definition) is 1. The quantitative estimate of drug-likeness (QED) is 0.599. The van der Waals surface area contributed by atoms with E-state index < -0.39 is 0 Å². The van der Waals surface area contributed by atoms with Crippen molar-refractivity contribution in [2.75, 3.05) is 26.2 Å². The van der Waals surface area contributed by atoms with Crippen LogP contribution in [0.25, 0.3) is 0 Å². The van der Waals surface area contributed by atoms with E-state index in [9.17, 15) is 4.79 Å². The van der Waals surface area contributed by atoms with Crippen LogP contribution in [0.3, 0.4) is 0 Å². The molecule has 0 saturated carbocycles. The van der Waals surface area contributed by atoms with Gasteiger partial charge in [0, 0.05) is 32.6 Å². The number of hydrogen-bond donors (Lipinski definition) is 0. The van der Waals surface area contributed by atoms with E-state index in [0.717, 1.165) is 39.0 Å². The Bertz CT molecular complexity index is 153. The second-order valence-electron chi connectivity index (χ2n) is 3.51. The van der Waals surface area contributed by atoms with Gasteiger partial charge in [0.2, 0.25) is 5.91 Å². The zero-order valence-electron chi connectivity index (χ0n) is 8.46. The maximum absolute atomic E-state index is 11.6. The summed E-state index contributed by atoms with van der Waals surface area (Å²) in [6, 6.07) is 0. The predicted octanol–water partition coefficient (Wildman–Crippen LogP) is 1.01. The Morgan fingerprint density at radius 2 is 2.00 bits per heavy atom. The maximum atomic E-state index is 11.6.